The van der Waals surface area contributed by atoms with Gasteiger partial charge in [-0.05, 0) is 37.0 Å². The van der Waals surface area contributed by atoms with Crippen molar-refractivity contribution in [2.24, 2.45) is 11.8 Å². The van der Waals surface area contributed by atoms with Crippen LogP contribution in [0.25, 0.3) is 0 Å². The van der Waals surface area contributed by atoms with Gasteiger partial charge in [0.15, 0.2) is 0 Å². The first-order chi connectivity index (χ1) is 10.5. The normalized spacial score (nSPS) is 21.5. The molecule has 0 N–H and O–H groups in total. The van der Waals surface area contributed by atoms with E-state index in [1.165, 1.54) is 0 Å². The van der Waals surface area contributed by atoms with Gasteiger partial charge in [0.25, 0.3) is 0 Å². The highest BCUT2D eigenvalue weighted by atomic mass is 16.5. The molecule has 1 aliphatic carbocycles. The molecule has 1 saturated carbocycles. The number of hydrogen-bond acceptors (Lipinski definition) is 3. The maximum Gasteiger partial charge on any atom is 0.226 e. The lowest BCUT2D eigenvalue weighted by Gasteiger charge is -2.32. The lowest BCUT2D eigenvalue weighted by Crippen LogP contribution is -2.40. The van der Waals surface area contributed by atoms with Crippen molar-refractivity contribution in [2.75, 3.05) is 13.7 Å². The van der Waals surface area contributed by atoms with Crippen molar-refractivity contribution in [1.82, 2.24) is 4.90 Å². The molecule has 22 heavy (non-hydrogen) atoms. The van der Waals surface area contributed by atoms with Gasteiger partial charge in [-0.1, -0.05) is 19.1 Å². The molecule has 4 heteroatoms. The molecular formula is C18H25NO3. The molecule has 0 bridgehead atoms. The second-order valence-electron chi connectivity index (χ2n) is 6.07. The number of carbonyl (C=O) groups is 2. The first kappa shape index (κ1) is 16.5. The van der Waals surface area contributed by atoms with Crippen molar-refractivity contribution < 1.29 is 14.3 Å². The first-order valence-corrected chi connectivity index (χ1v) is 7.98. The van der Waals surface area contributed by atoms with Crippen LogP contribution in [0.5, 0.6) is 5.75 Å². The summed E-state index contributed by atoms with van der Waals surface area (Å²) in [6, 6.07) is 7.80. The van der Waals surface area contributed by atoms with Gasteiger partial charge in [-0.2, -0.15) is 0 Å². The summed E-state index contributed by atoms with van der Waals surface area (Å²) in [5, 5.41) is 0. The van der Waals surface area contributed by atoms with Crippen LogP contribution < -0.4 is 4.74 Å². The molecule has 0 aromatic heterocycles. The number of Topliss-reactive ketones (excluding diaryl/α,β-unsaturated/α-hetero) is 1. The van der Waals surface area contributed by atoms with Crippen LogP contribution in [-0.2, 0) is 16.1 Å². The van der Waals surface area contributed by atoms with E-state index in [4.69, 9.17) is 4.74 Å². The number of methoxy groups -OCH3 is 1. The Hall–Kier alpha value is -1.84. The molecule has 120 valence electrons. The minimum Gasteiger partial charge on any atom is -0.497 e. The van der Waals surface area contributed by atoms with Crippen LogP contribution in [0, 0.1) is 11.8 Å². The molecule has 0 unspecified atom stereocenters. The Bertz CT molecular complexity index is 524. The fourth-order valence-corrected chi connectivity index (χ4v) is 3.10. The highest BCUT2D eigenvalue weighted by Crippen LogP contribution is 2.29. The van der Waals surface area contributed by atoms with Crippen LogP contribution in [0.3, 0.4) is 0 Å². The van der Waals surface area contributed by atoms with Crippen molar-refractivity contribution >= 4 is 11.7 Å². The Labute approximate surface area is 132 Å². The van der Waals surface area contributed by atoms with E-state index in [-0.39, 0.29) is 23.5 Å². The van der Waals surface area contributed by atoms with E-state index in [0.717, 1.165) is 11.3 Å². The Morgan fingerprint density at radius 2 is 2.00 bits per heavy atom. The van der Waals surface area contributed by atoms with E-state index in [1.807, 2.05) is 43.0 Å². The van der Waals surface area contributed by atoms with Crippen LogP contribution in [0.2, 0.25) is 0 Å². The summed E-state index contributed by atoms with van der Waals surface area (Å²) in [6.07, 6.45) is 1.77. The summed E-state index contributed by atoms with van der Waals surface area (Å²) in [7, 11) is 1.64. The van der Waals surface area contributed by atoms with Crippen molar-refractivity contribution in [3.05, 3.63) is 29.8 Å². The zero-order valence-corrected chi connectivity index (χ0v) is 13.7. The zero-order valence-electron chi connectivity index (χ0n) is 13.7. The lowest BCUT2D eigenvalue weighted by molar-refractivity contribution is -0.140. The second-order valence-corrected chi connectivity index (χ2v) is 6.07. The van der Waals surface area contributed by atoms with Crippen molar-refractivity contribution in [3.63, 3.8) is 0 Å². The van der Waals surface area contributed by atoms with Gasteiger partial charge >= 0.3 is 0 Å². The molecule has 2 rings (SSSR count). The first-order valence-electron chi connectivity index (χ1n) is 7.98. The molecule has 1 aliphatic rings. The topological polar surface area (TPSA) is 46.6 Å². The van der Waals surface area contributed by atoms with Crippen LogP contribution in [0.4, 0.5) is 0 Å². The predicted molar refractivity (Wildman–Crippen MR) is 85.6 cm³/mol. The van der Waals surface area contributed by atoms with E-state index in [1.54, 1.807) is 7.11 Å². The number of hydrogen-bond donors (Lipinski definition) is 0. The molecule has 1 amide bonds. The number of nitrogens with zero attached hydrogens (tertiary/aromatic N) is 1. The predicted octanol–water partition coefficient (Wildman–Crippen LogP) is 3.05. The monoisotopic (exact) mass is 303 g/mol. The molecule has 1 aromatic carbocycles. The number of rotatable bonds is 5. The van der Waals surface area contributed by atoms with Gasteiger partial charge in [0.2, 0.25) is 5.91 Å². The third-order valence-electron chi connectivity index (χ3n) is 4.51. The Kier molecular flexibility index (Phi) is 5.58. The molecule has 0 radical (unpaired) electrons. The quantitative estimate of drug-likeness (QED) is 0.840. The number of ketones is 1. The van der Waals surface area contributed by atoms with E-state index in [9.17, 15) is 9.59 Å². The average molecular weight is 303 g/mol. The third kappa shape index (κ3) is 3.87. The van der Waals surface area contributed by atoms with Gasteiger partial charge in [0.1, 0.15) is 11.5 Å². The maximum atomic E-state index is 12.8. The molecule has 2 atom stereocenters. The fourth-order valence-electron chi connectivity index (χ4n) is 3.10. The molecule has 0 aliphatic heterocycles. The smallest absolute Gasteiger partial charge is 0.226 e. The van der Waals surface area contributed by atoms with Gasteiger partial charge in [0, 0.05) is 31.8 Å². The Morgan fingerprint density at radius 3 is 2.55 bits per heavy atom. The SMILES string of the molecule is CCN(Cc1ccc(OC)cc1)C(=O)[C@@H]1CCC(=O)C[C@@H]1C. The van der Waals surface area contributed by atoms with E-state index < -0.39 is 0 Å². The highest BCUT2D eigenvalue weighted by Gasteiger charge is 2.33. The van der Waals surface area contributed by atoms with Crippen LogP contribution in [-0.4, -0.2) is 30.2 Å². The minimum absolute atomic E-state index is 0.0177. The summed E-state index contributed by atoms with van der Waals surface area (Å²) in [4.78, 5) is 26.1. The minimum atomic E-state index is -0.0177. The molecule has 1 fully saturated rings. The number of benzene rings is 1. The van der Waals surface area contributed by atoms with Crippen LogP contribution in [0.1, 0.15) is 38.7 Å². The number of ether oxygens (including phenoxy) is 1. The Balaban J connectivity index is 2.03. The second kappa shape index (κ2) is 7.43. The molecular weight excluding hydrogens is 278 g/mol. The molecule has 0 heterocycles. The number of amides is 1. The summed E-state index contributed by atoms with van der Waals surface area (Å²) in [6.45, 7) is 5.31. The summed E-state index contributed by atoms with van der Waals surface area (Å²) >= 11 is 0. The van der Waals surface area contributed by atoms with E-state index in [2.05, 4.69) is 0 Å². The van der Waals surface area contributed by atoms with Crippen LogP contribution in [0.15, 0.2) is 24.3 Å². The van der Waals surface area contributed by atoms with E-state index in [0.29, 0.717) is 32.4 Å². The lowest BCUT2D eigenvalue weighted by atomic mass is 9.79. The van der Waals surface area contributed by atoms with Crippen LogP contribution >= 0.6 is 0 Å². The van der Waals surface area contributed by atoms with Gasteiger partial charge in [0.05, 0.1) is 7.11 Å². The Morgan fingerprint density at radius 1 is 1.32 bits per heavy atom. The van der Waals surface area contributed by atoms with Gasteiger partial charge < -0.3 is 9.64 Å². The van der Waals surface area contributed by atoms with E-state index >= 15 is 0 Å². The molecule has 0 saturated heterocycles. The molecule has 0 spiro atoms. The fraction of sp³-hybridized carbons (Fsp3) is 0.556. The number of carbonyl (C=O) groups excluding carboxylic acids is 2. The summed E-state index contributed by atoms with van der Waals surface area (Å²) in [5.74, 6) is 1.42. The zero-order chi connectivity index (χ0) is 16.1. The van der Waals surface area contributed by atoms with Gasteiger partial charge in [-0.15, -0.1) is 0 Å². The maximum absolute atomic E-state index is 12.8. The average Bonchev–Trinajstić information content (AvgIpc) is 2.52. The van der Waals surface area contributed by atoms with Crippen molar-refractivity contribution in [1.29, 1.82) is 0 Å². The highest BCUT2D eigenvalue weighted by molar-refractivity contribution is 5.85. The molecule has 4 nitrogen and oxygen atoms in total. The summed E-state index contributed by atoms with van der Waals surface area (Å²) in [5.41, 5.74) is 1.09. The molecule has 1 aromatic rings. The third-order valence-corrected chi connectivity index (χ3v) is 4.51. The van der Waals surface area contributed by atoms with Crippen molar-refractivity contribution in [3.8, 4) is 5.75 Å². The van der Waals surface area contributed by atoms with Gasteiger partial charge in [-0.3, -0.25) is 9.59 Å². The largest absolute Gasteiger partial charge is 0.497 e. The standard InChI is InChI=1S/C18H25NO3/c1-4-19(12-14-5-8-16(22-3)9-6-14)18(21)17-10-7-15(20)11-13(17)2/h5-6,8-9,13,17H,4,7,10-12H2,1-3H3/t13-,17+/m0/s1. The summed E-state index contributed by atoms with van der Waals surface area (Å²) < 4.78 is 5.15. The van der Waals surface area contributed by atoms with Gasteiger partial charge in [-0.25, -0.2) is 0 Å². The van der Waals surface area contributed by atoms with Crippen molar-refractivity contribution in [2.45, 2.75) is 39.7 Å².